The third-order valence-electron chi connectivity index (χ3n) is 2.94. The molecule has 0 saturated heterocycles. The summed E-state index contributed by atoms with van der Waals surface area (Å²) in [7, 11) is 0. The predicted octanol–water partition coefficient (Wildman–Crippen LogP) is 0.928. The van der Waals surface area contributed by atoms with Crippen LogP contribution in [0.5, 0.6) is 0 Å². The molecular formula is C14H24N4O. The van der Waals surface area contributed by atoms with Gasteiger partial charge < -0.3 is 11.1 Å². The van der Waals surface area contributed by atoms with Gasteiger partial charge in [-0.25, -0.2) is 0 Å². The number of carbonyl (C=O) groups is 1. The van der Waals surface area contributed by atoms with Crippen LogP contribution in [-0.4, -0.2) is 41.5 Å². The van der Waals surface area contributed by atoms with Crippen LogP contribution in [0.15, 0.2) is 24.5 Å². The molecule has 0 aliphatic heterocycles. The minimum Gasteiger partial charge on any atom is -0.353 e. The molecule has 0 bridgehead atoms. The Hall–Kier alpha value is -1.46. The predicted molar refractivity (Wildman–Crippen MR) is 76.6 cm³/mol. The Balaban J connectivity index is 2.74. The Labute approximate surface area is 115 Å². The lowest BCUT2D eigenvalue weighted by Gasteiger charge is -2.29. The smallest absolute Gasteiger partial charge is 0.234 e. The van der Waals surface area contributed by atoms with Crippen molar-refractivity contribution in [2.75, 3.05) is 19.6 Å². The summed E-state index contributed by atoms with van der Waals surface area (Å²) in [5, 5.41) is 2.90. The van der Waals surface area contributed by atoms with Gasteiger partial charge in [-0.15, -0.1) is 0 Å². The molecule has 1 amide bonds. The van der Waals surface area contributed by atoms with Crippen LogP contribution in [0.2, 0.25) is 0 Å². The lowest BCUT2D eigenvalue weighted by atomic mass is 10.1. The zero-order valence-corrected chi connectivity index (χ0v) is 12.0. The van der Waals surface area contributed by atoms with Crippen LogP contribution in [-0.2, 0) is 4.79 Å². The summed E-state index contributed by atoms with van der Waals surface area (Å²) < 4.78 is 0. The van der Waals surface area contributed by atoms with Gasteiger partial charge >= 0.3 is 0 Å². The minimum atomic E-state index is 0.0246. The normalized spacial score (nSPS) is 12.7. The summed E-state index contributed by atoms with van der Waals surface area (Å²) in [5.41, 5.74) is 6.90. The van der Waals surface area contributed by atoms with Gasteiger partial charge in [-0.2, -0.15) is 0 Å². The fourth-order valence-corrected chi connectivity index (χ4v) is 2.06. The van der Waals surface area contributed by atoms with Gasteiger partial charge in [0, 0.05) is 31.0 Å². The lowest BCUT2D eigenvalue weighted by Crippen LogP contribution is -2.43. The number of hydrogen-bond acceptors (Lipinski definition) is 4. The van der Waals surface area contributed by atoms with E-state index in [1.54, 1.807) is 12.4 Å². The van der Waals surface area contributed by atoms with E-state index in [4.69, 9.17) is 5.73 Å². The van der Waals surface area contributed by atoms with E-state index < -0.39 is 0 Å². The molecule has 0 radical (unpaired) electrons. The first-order valence-electron chi connectivity index (χ1n) is 6.71. The van der Waals surface area contributed by atoms with Crippen molar-refractivity contribution < 1.29 is 4.79 Å². The molecular weight excluding hydrogens is 240 g/mol. The Morgan fingerprint density at radius 2 is 2.26 bits per heavy atom. The highest BCUT2D eigenvalue weighted by molar-refractivity contribution is 5.78. The van der Waals surface area contributed by atoms with E-state index in [0.29, 0.717) is 13.1 Å². The number of carbonyl (C=O) groups excluding carboxylic acids is 1. The zero-order chi connectivity index (χ0) is 14.3. The molecule has 106 valence electrons. The monoisotopic (exact) mass is 264 g/mol. The molecule has 1 aromatic heterocycles. The maximum Gasteiger partial charge on any atom is 0.234 e. The molecule has 0 aliphatic rings. The molecule has 5 nitrogen and oxygen atoms in total. The van der Waals surface area contributed by atoms with Gasteiger partial charge in [0.1, 0.15) is 0 Å². The highest BCUT2D eigenvalue weighted by Gasteiger charge is 2.20. The highest BCUT2D eigenvalue weighted by Crippen LogP contribution is 2.17. The van der Waals surface area contributed by atoms with Gasteiger partial charge in [0.2, 0.25) is 5.91 Å². The maximum absolute atomic E-state index is 11.9. The molecule has 3 N–H and O–H groups in total. The van der Waals surface area contributed by atoms with Gasteiger partial charge in [-0.3, -0.25) is 14.7 Å². The number of likely N-dealkylation sites (N-methyl/N-ethyl adjacent to an activating group) is 1. The fourth-order valence-electron chi connectivity index (χ4n) is 2.06. The Bertz CT molecular complexity index is 380. The molecule has 5 heteroatoms. The first kappa shape index (κ1) is 15.6. The first-order chi connectivity index (χ1) is 9.08. The summed E-state index contributed by atoms with van der Waals surface area (Å²) in [6.07, 6.45) is 3.54. The van der Waals surface area contributed by atoms with Gasteiger partial charge in [-0.1, -0.05) is 13.0 Å². The summed E-state index contributed by atoms with van der Waals surface area (Å²) in [5.74, 6) is 0.0270. The molecule has 1 heterocycles. The van der Waals surface area contributed by atoms with Crippen LogP contribution in [0.3, 0.4) is 0 Å². The van der Waals surface area contributed by atoms with Crippen molar-refractivity contribution >= 4 is 5.91 Å². The molecule has 0 aromatic carbocycles. The number of hydrogen-bond donors (Lipinski definition) is 2. The van der Waals surface area contributed by atoms with Crippen molar-refractivity contribution in [1.29, 1.82) is 0 Å². The van der Waals surface area contributed by atoms with E-state index in [2.05, 4.69) is 15.2 Å². The molecule has 0 saturated carbocycles. The highest BCUT2D eigenvalue weighted by atomic mass is 16.2. The van der Waals surface area contributed by atoms with Gasteiger partial charge in [0.05, 0.1) is 6.54 Å². The molecule has 1 aromatic rings. The number of nitrogens with two attached hydrogens (primary N) is 1. The van der Waals surface area contributed by atoms with E-state index in [1.165, 1.54) is 0 Å². The zero-order valence-electron chi connectivity index (χ0n) is 12.0. The number of rotatable bonds is 7. The molecule has 1 rings (SSSR count). The average Bonchev–Trinajstić information content (AvgIpc) is 2.38. The second kappa shape index (κ2) is 7.86. The van der Waals surface area contributed by atoms with Gasteiger partial charge in [0.15, 0.2) is 0 Å². The van der Waals surface area contributed by atoms with E-state index >= 15 is 0 Å². The topological polar surface area (TPSA) is 71.2 Å². The summed E-state index contributed by atoms with van der Waals surface area (Å²) >= 11 is 0. The van der Waals surface area contributed by atoms with Crippen LogP contribution in [0.25, 0.3) is 0 Å². The number of nitrogens with zero attached hydrogens (tertiary/aromatic N) is 2. The van der Waals surface area contributed by atoms with Crippen LogP contribution in [0, 0.1) is 0 Å². The van der Waals surface area contributed by atoms with Crippen molar-refractivity contribution in [1.82, 2.24) is 15.2 Å². The number of nitrogens with one attached hydrogen (secondary N) is 1. The van der Waals surface area contributed by atoms with Crippen LogP contribution in [0.4, 0.5) is 0 Å². The third kappa shape index (κ3) is 4.96. The molecule has 0 aliphatic carbocycles. The molecule has 1 atom stereocenters. The quantitative estimate of drug-likeness (QED) is 0.768. The van der Waals surface area contributed by atoms with Crippen molar-refractivity contribution in [3.05, 3.63) is 30.1 Å². The number of aromatic nitrogens is 1. The average molecular weight is 264 g/mol. The van der Waals surface area contributed by atoms with Crippen molar-refractivity contribution in [3.63, 3.8) is 0 Å². The maximum atomic E-state index is 11.9. The van der Waals surface area contributed by atoms with Crippen LogP contribution in [0.1, 0.15) is 32.4 Å². The summed E-state index contributed by atoms with van der Waals surface area (Å²) in [6, 6.07) is 4.06. The first-order valence-corrected chi connectivity index (χ1v) is 6.71. The van der Waals surface area contributed by atoms with E-state index in [-0.39, 0.29) is 18.0 Å². The standard InChI is InChI=1S/C14H24N4O/c1-4-18(10-14(19)17-11(2)3)13(8-15)12-6-5-7-16-9-12/h5-7,9,11,13H,4,8,10,15H2,1-3H3,(H,17,19). The number of amides is 1. The lowest BCUT2D eigenvalue weighted by molar-refractivity contribution is -0.123. The second-order valence-corrected chi connectivity index (χ2v) is 4.82. The van der Waals surface area contributed by atoms with Gasteiger partial charge in [-0.05, 0) is 32.0 Å². The van der Waals surface area contributed by atoms with E-state index in [9.17, 15) is 4.79 Å². The summed E-state index contributed by atoms with van der Waals surface area (Å²) in [4.78, 5) is 18.0. The second-order valence-electron chi connectivity index (χ2n) is 4.82. The largest absolute Gasteiger partial charge is 0.353 e. The summed E-state index contributed by atoms with van der Waals surface area (Å²) in [6.45, 7) is 7.52. The van der Waals surface area contributed by atoms with E-state index in [0.717, 1.165) is 12.1 Å². The molecule has 19 heavy (non-hydrogen) atoms. The molecule has 0 fully saturated rings. The van der Waals surface area contributed by atoms with Crippen LogP contribution >= 0.6 is 0 Å². The van der Waals surface area contributed by atoms with Crippen molar-refractivity contribution in [2.24, 2.45) is 5.73 Å². The van der Waals surface area contributed by atoms with Crippen molar-refractivity contribution in [3.8, 4) is 0 Å². The van der Waals surface area contributed by atoms with E-state index in [1.807, 2.05) is 32.9 Å². The molecule has 1 unspecified atom stereocenters. The fraction of sp³-hybridized carbons (Fsp3) is 0.571. The van der Waals surface area contributed by atoms with Crippen LogP contribution < -0.4 is 11.1 Å². The molecule has 0 spiro atoms. The Morgan fingerprint density at radius 1 is 1.53 bits per heavy atom. The Kier molecular flexibility index (Phi) is 6.45. The SMILES string of the molecule is CCN(CC(=O)NC(C)C)C(CN)c1cccnc1. The van der Waals surface area contributed by atoms with Gasteiger partial charge in [0.25, 0.3) is 0 Å². The minimum absolute atomic E-state index is 0.0246. The third-order valence-corrected chi connectivity index (χ3v) is 2.94. The van der Waals surface area contributed by atoms with Crippen molar-refractivity contribution in [2.45, 2.75) is 32.9 Å². The number of pyridine rings is 1. The Morgan fingerprint density at radius 3 is 2.74 bits per heavy atom.